The Labute approximate surface area is 123 Å². The van der Waals surface area contributed by atoms with Gasteiger partial charge in [-0.05, 0) is 29.8 Å². The van der Waals surface area contributed by atoms with Gasteiger partial charge in [-0.3, -0.25) is 4.79 Å². The predicted octanol–water partition coefficient (Wildman–Crippen LogP) is 2.97. The summed E-state index contributed by atoms with van der Waals surface area (Å²) < 4.78 is 0. The number of carbonyl (C=O) groups is 1. The first kappa shape index (κ1) is 14.6. The van der Waals surface area contributed by atoms with Gasteiger partial charge in [-0.15, -0.1) is 0 Å². The first-order valence-corrected chi connectivity index (χ1v) is 6.78. The Hall–Kier alpha value is -1.84. The smallest absolute Gasteiger partial charge is 0.254 e. The number of carbonyl (C=O) groups excluding carboxylic acids is 1. The van der Waals surface area contributed by atoms with Crippen LogP contribution < -0.4 is 0 Å². The van der Waals surface area contributed by atoms with E-state index in [-0.39, 0.29) is 12.5 Å². The van der Waals surface area contributed by atoms with Gasteiger partial charge >= 0.3 is 0 Å². The molecule has 0 spiro atoms. The largest absolute Gasteiger partial charge is 0.395 e. The van der Waals surface area contributed by atoms with Gasteiger partial charge in [0.05, 0.1) is 6.61 Å². The number of nitrogens with zero attached hydrogens (tertiary/aromatic N) is 1. The van der Waals surface area contributed by atoms with E-state index in [1.807, 2.05) is 30.3 Å². The standard InChI is InChI=1S/C16H16ClNO2/c17-15-8-6-14(7-9-15)16(20)18(10-11-19)12-13-4-2-1-3-5-13/h1-9,19H,10-12H2. The number of halogens is 1. The number of amides is 1. The Balaban J connectivity index is 2.15. The second kappa shape index (κ2) is 7.08. The Morgan fingerprint density at radius 1 is 1.05 bits per heavy atom. The minimum Gasteiger partial charge on any atom is -0.395 e. The molecule has 0 saturated heterocycles. The van der Waals surface area contributed by atoms with Gasteiger partial charge in [0.1, 0.15) is 0 Å². The van der Waals surface area contributed by atoms with Crippen molar-refractivity contribution in [2.45, 2.75) is 6.54 Å². The van der Waals surface area contributed by atoms with E-state index in [2.05, 4.69) is 0 Å². The molecule has 0 atom stereocenters. The number of hydrogen-bond donors (Lipinski definition) is 1. The lowest BCUT2D eigenvalue weighted by Gasteiger charge is -2.22. The minimum atomic E-state index is -0.112. The topological polar surface area (TPSA) is 40.5 Å². The first-order chi connectivity index (χ1) is 9.70. The molecule has 0 aliphatic carbocycles. The lowest BCUT2D eigenvalue weighted by Crippen LogP contribution is -2.33. The zero-order valence-corrected chi connectivity index (χ0v) is 11.8. The molecule has 0 unspecified atom stereocenters. The summed E-state index contributed by atoms with van der Waals surface area (Å²) in [6, 6.07) is 16.5. The number of hydrogen-bond acceptors (Lipinski definition) is 2. The number of aliphatic hydroxyl groups excluding tert-OH is 1. The normalized spacial score (nSPS) is 10.3. The summed E-state index contributed by atoms with van der Waals surface area (Å²) in [4.78, 5) is 14.0. The molecule has 104 valence electrons. The minimum absolute atomic E-state index is 0.0633. The molecule has 0 fully saturated rings. The van der Waals surface area contributed by atoms with Crippen LogP contribution in [-0.2, 0) is 6.54 Å². The second-order valence-electron chi connectivity index (χ2n) is 4.44. The van der Waals surface area contributed by atoms with Crippen molar-refractivity contribution in [1.82, 2.24) is 4.90 Å². The van der Waals surface area contributed by atoms with E-state index in [9.17, 15) is 4.79 Å². The van der Waals surface area contributed by atoms with E-state index < -0.39 is 0 Å². The average molecular weight is 290 g/mol. The van der Waals surface area contributed by atoms with Crippen LogP contribution in [0.3, 0.4) is 0 Å². The van der Waals surface area contributed by atoms with Gasteiger partial charge in [0, 0.05) is 23.7 Å². The van der Waals surface area contributed by atoms with Crippen LogP contribution >= 0.6 is 11.6 Å². The van der Waals surface area contributed by atoms with Crippen molar-refractivity contribution in [3.8, 4) is 0 Å². The van der Waals surface area contributed by atoms with E-state index in [0.717, 1.165) is 5.56 Å². The van der Waals surface area contributed by atoms with Gasteiger partial charge in [0.2, 0.25) is 0 Å². The highest BCUT2D eigenvalue weighted by atomic mass is 35.5. The molecule has 2 rings (SSSR count). The van der Waals surface area contributed by atoms with Crippen LogP contribution in [0.25, 0.3) is 0 Å². The quantitative estimate of drug-likeness (QED) is 0.919. The summed E-state index contributed by atoms with van der Waals surface area (Å²) in [6.07, 6.45) is 0. The molecule has 0 bridgehead atoms. The molecule has 0 heterocycles. The Morgan fingerprint density at radius 3 is 2.30 bits per heavy atom. The van der Waals surface area contributed by atoms with Crippen molar-refractivity contribution in [3.05, 3.63) is 70.7 Å². The Kier molecular flexibility index (Phi) is 5.16. The fourth-order valence-corrected chi connectivity index (χ4v) is 2.08. The third-order valence-corrected chi connectivity index (χ3v) is 3.22. The second-order valence-corrected chi connectivity index (χ2v) is 4.88. The van der Waals surface area contributed by atoms with Crippen molar-refractivity contribution in [2.75, 3.05) is 13.2 Å². The molecule has 2 aromatic carbocycles. The van der Waals surface area contributed by atoms with E-state index in [4.69, 9.17) is 16.7 Å². The highest BCUT2D eigenvalue weighted by Crippen LogP contribution is 2.13. The predicted molar refractivity (Wildman–Crippen MR) is 79.7 cm³/mol. The zero-order valence-electron chi connectivity index (χ0n) is 11.0. The molecule has 0 saturated carbocycles. The molecule has 0 aliphatic rings. The van der Waals surface area contributed by atoms with E-state index in [1.54, 1.807) is 29.2 Å². The average Bonchev–Trinajstić information content (AvgIpc) is 2.48. The molecule has 0 aliphatic heterocycles. The molecule has 1 N–H and O–H groups in total. The van der Waals surface area contributed by atoms with Crippen LogP contribution in [0.4, 0.5) is 0 Å². The Bertz CT molecular complexity index is 554. The fraction of sp³-hybridized carbons (Fsp3) is 0.188. The third kappa shape index (κ3) is 3.83. The summed E-state index contributed by atoms with van der Waals surface area (Å²) in [5.74, 6) is -0.112. The molecule has 4 heteroatoms. The molecule has 2 aromatic rings. The summed E-state index contributed by atoms with van der Waals surface area (Å²) >= 11 is 5.82. The van der Waals surface area contributed by atoms with Gasteiger partial charge in [0.25, 0.3) is 5.91 Å². The van der Waals surface area contributed by atoms with Gasteiger partial charge < -0.3 is 10.0 Å². The SMILES string of the molecule is O=C(c1ccc(Cl)cc1)N(CCO)Cc1ccccc1. The monoisotopic (exact) mass is 289 g/mol. The molecule has 3 nitrogen and oxygen atoms in total. The highest BCUT2D eigenvalue weighted by molar-refractivity contribution is 6.30. The van der Waals surface area contributed by atoms with Gasteiger partial charge in [-0.2, -0.15) is 0 Å². The molecular weight excluding hydrogens is 274 g/mol. The maximum Gasteiger partial charge on any atom is 0.254 e. The Morgan fingerprint density at radius 2 is 1.70 bits per heavy atom. The number of aliphatic hydroxyl groups is 1. The molecular formula is C16H16ClNO2. The summed E-state index contributed by atoms with van der Waals surface area (Å²) in [5, 5.41) is 9.74. The first-order valence-electron chi connectivity index (χ1n) is 6.40. The van der Waals surface area contributed by atoms with Crippen LogP contribution in [0.15, 0.2) is 54.6 Å². The summed E-state index contributed by atoms with van der Waals surface area (Å²) in [7, 11) is 0. The summed E-state index contributed by atoms with van der Waals surface area (Å²) in [6.45, 7) is 0.714. The van der Waals surface area contributed by atoms with Crippen molar-refractivity contribution >= 4 is 17.5 Å². The fourth-order valence-electron chi connectivity index (χ4n) is 1.95. The van der Waals surface area contributed by atoms with Crippen LogP contribution in [0.5, 0.6) is 0 Å². The van der Waals surface area contributed by atoms with Crippen LogP contribution in [0.1, 0.15) is 15.9 Å². The van der Waals surface area contributed by atoms with Gasteiger partial charge in [-0.1, -0.05) is 41.9 Å². The van der Waals surface area contributed by atoms with Crippen LogP contribution in [0, 0.1) is 0 Å². The van der Waals surface area contributed by atoms with E-state index in [1.165, 1.54) is 0 Å². The molecule has 20 heavy (non-hydrogen) atoms. The van der Waals surface area contributed by atoms with Gasteiger partial charge in [-0.25, -0.2) is 0 Å². The number of benzene rings is 2. The van der Waals surface area contributed by atoms with Crippen LogP contribution in [-0.4, -0.2) is 29.1 Å². The lowest BCUT2D eigenvalue weighted by molar-refractivity contribution is 0.0708. The zero-order chi connectivity index (χ0) is 14.4. The van der Waals surface area contributed by atoms with E-state index >= 15 is 0 Å². The maximum absolute atomic E-state index is 12.4. The summed E-state index contributed by atoms with van der Waals surface area (Å²) in [5.41, 5.74) is 1.60. The van der Waals surface area contributed by atoms with E-state index in [0.29, 0.717) is 23.7 Å². The van der Waals surface area contributed by atoms with Crippen LogP contribution in [0.2, 0.25) is 5.02 Å². The molecule has 0 radical (unpaired) electrons. The van der Waals surface area contributed by atoms with Gasteiger partial charge in [0.15, 0.2) is 0 Å². The van der Waals surface area contributed by atoms with Crippen molar-refractivity contribution < 1.29 is 9.90 Å². The van der Waals surface area contributed by atoms with Crippen molar-refractivity contribution in [3.63, 3.8) is 0 Å². The molecule has 1 amide bonds. The number of rotatable bonds is 5. The third-order valence-electron chi connectivity index (χ3n) is 2.96. The molecule has 0 aromatic heterocycles. The van der Waals surface area contributed by atoms with Crippen molar-refractivity contribution in [1.29, 1.82) is 0 Å². The lowest BCUT2D eigenvalue weighted by atomic mass is 10.1. The maximum atomic E-state index is 12.4. The van der Waals surface area contributed by atoms with Crippen molar-refractivity contribution in [2.24, 2.45) is 0 Å². The highest BCUT2D eigenvalue weighted by Gasteiger charge is 2.15.